The molecule has 1 aliphatic rings. The third kappa shape index (κ3) is 5.74. The topological polar surface area (TPSA) is 67.9 Å². The Labute approximate surface area is 219 Å². The molecule has 2 amide bonds. The second-order valence-corrected chi connectivity index (χ2v) is 8.60. The summed E-state index contributed by atoms with van der Waals surface area (Å²) in [6.07, 6.45) is 1.54. The predicted octanol–water partition coefficient (Wildman–Crippen LogP) is 5.89. The number of anilines is 1. The molecule has 1 heterocycles. The number of rotatable bonds is 7. The molecule has 37 heavy (non-hydrogen) atoms. The third-order valence-electron chi connectivity index (χ3n) is 5.59. The number of ether oxygens (including phenoxy) is 2. The molecule has 1 N–H and O–H groups in total. The van der Waals surface area contributed by atoms with Crippen molar-refractivity contribution in [2.24, 2.45) is 0 Å². The number of hydrogen-bond donors (Lipinski definition) is 1. The van der Waals surface area contributed by atoms with Crippen molar-refractivity contribution in [3.8, 4) is 17.2 Å². The van der Waals surface area contributed by atoms with Crippen molar-refractivity contribution in [3.63, 3.8) is 0 Å². The fourth-order valence-electron chi connectivity index (χ4n) is 3.78. The van der Waals surface area contributed by atoms with Crippen molar-refractivity contribution in [2.75, 3.05) is 4.90 Å². The summed E-state index contributed by atoms with van der Waals surface area (Å²) in [5, 5.41) is 2.63. The normalized spacial score (nSPS) is 14.4. The summed E-state index contributed by atoms with van der Waals surface area (Å²) < 4.78 is 11.7. The van der Waals surface area contributed by atoms with E-state index < -0.39 is 11.8 Å². The molecule has 6 nitrogen and oxygen atoms in total. The number of amides is 2. The molecule has 0 aliphatic carbocycles. The maximum absolute atomic E-state index is 13.4. The van der Waals surface area contributed by atoms with Crippen molar-refractivity contribution < 1.29 is 19.1 Å². The predicted molar refractivity (Wildman–Crippen MR) is 146 cm³/mol. The maximum atomic E-state index is 13.4. The number of thiocarbonyl (C=S) groups is 1. The first-order chi connectivity index (χ1) is 18.1. The molecule has 1 fully saturated rings. The van der Waals surface area contributed by atoms with Crippen molar-refractivity contribution in [3.05, 3.63) is 126 Å². The fraction of sp³-hybridized carbons (Fsp3) is 0.0333. The summed E-state index contributed by atoms with van der Waals surface area (Å²) in [7, 11) is 0. The molecule has 0 atom stereocenters. The van der Waals surface area contributed by atoms with Crippen LogP contribution in [0.25, 0.3) is 6.08 Å². The van der Waals surface area contributed by atoms with Gasteiger partial charge in [-0.2, -0.15) is 0 Å². The lowest BCUT2D eigenvalue weighted by atomic mass is 10.1. The lowest BCUT2D eigenvalue weighted by molar-refractivity contribution is -0.122. The van der Waals surface area contributed by atoms with Gasteiger partial charge in [0.2, 0.25) is 0 Å². The van der Waals surface area contributed by atoms with E-state index in [-0.39, 0.29) is 10.7 Å². The number of nitrogens with zero attached hydrogens (tertiary/aromatic N) is 1. The third-order valence-corrected chi connectivity index (χ3v) is 5.88. The van der Waals surface area contributed by atoms with E-state index in [1.165, 1.54) is 11.0 Å². The van der Waals surface area contributed by atoms with Crippen LogP contribution in [0.4, 0.5) is 5.69 Å². The molecular formula is C30H22N2O4S. The van der Waals surface area contributed by atoms with E-state index >= 15 is 0 Å². The van der Waals surface area contributed by atoms with Gasteiger partial charge in [-0.1, -0.05) is 60.7 Å². The summed E-state index contributed by atoms with van der Waals surface area (Å²) in [5.41, 5.74) is 2.18. The lowest BCUT2D eigenvalue weighted by Gasteiger charge is -2.29. The van der Waals surface area contributed by atoms with E-state index in [1.54, 1.807) is 36.4 Å². The van der Waals surface area contributed by atoms with E-state index in [0.717, 1.165) is 5.56 Å². The number of nitrogens with one attached hydrogen (secondary N) is 1. The van der Waals surface area contributed by atoms with Gasteiger partial charge >= 0.3 is 0 Å². The molecule has 1 saturated heterocycles. The molecule has 5 rings (SSSR count). The molecule has 0 radical (unpaired) electrons. The van der Waals surface area contributed by atoms with Crippen molar-refractivity contribution in [1.29, 1.82) is 0 Å². The summed E-state index contributed by atoms with van der Waals surface area (Å²) in [4.78, 5) is 27.3. The molecule has 0 unspecified atom stereocenters. The summed E-state index contributed by atoms with van der Waals surface area (Å²) in [5.74, 6) is 0.875. The van der Waals surface area contributed by atoms with Crippen molar-refractivity contribution in [2.45, 2.75) is 6.61 Å². The monoisotopic (exact) mass is 506 g/mol. The minimum absolute atomic E-state index is 0.0174. The van der Waals surface area contributed by atoms with Crippen LogP contribution in [0.2, 0.25) is 0 Å². The Balaban J connectivity index is 1.34. The van der Waals surface area contributed by atoms with Gasteiger partial charge in [0.05, 0.1) is 5.69 Å². The van der Waals surface area contributed by atoms with E-state index in [0.29, 0.717) is 35.1 Å². The molecule has 0 saturated carbocycles. The first-order valence-electron chi connectivity index (χ1n) is 11.6. The van der Waals surface area contributed by atoms with Crippen molar-refractivity contribution in [1.82, 2.24) is 5.32 Å². The van der Waals surface area contributed by atoms with Crippen molar-refractivity contribution >= 4 is 40.9 Å². The van der Waals surface area contributed by atoms with E-state index in [2.05, 4.69) is 5.32 Å². The van der Waals surface area contributed by atoms with Gasteiger partial charge in [-0.05, 0) is 78.0 Å². The quantitative estimate of drug-likeness (QED) is 0.192. The number of hydrogen-bond acceptors (Lipinski definition) is 5. The average Bonchev–Trinajstić information content (AvgIpc) is 2.92. The SMILES string of the molecule is O=C1NC(=S)N(c2ccc(Oc3ccccc3)cc2)C(=O)C1=Cc1cccc(OCc2ccccc2)c1. The summed E-state index contributed by atoms with van der Waals surface area (Å²) >= 11 is 5.32. The Morgan fingerprint density at radius 1 is 0.757 bits per heavy atom. The zero-order valence-electron chi connectivity index (χ0n) is 19.7. The number of para-hydroxylation sites is 1. The van der Waals surface area contributed by atoms with Crippen LogP contribution in [0.15, 0.2) is 115 Å². The number of benzene rings is 4. The van der Waals surface area contributed by atoms with Crippen LogP contribution < -0.4 is 19.7 Å². The van der Waals surface area contributed by atoms with Gasteiger partial charge in [-0.25, -0.2) is 0 Å². The van der Waals surface area contributed by atoms with Crippen LogP contribution in [0, 0.1) is 0 Å². The second-order valence-electron chi connectivity index (χ2n) is 8.21. The smallest absolute Gasteiger partial charge is 0.270 e. The van der Waals surface area contributed by atoms with Gasteiger partial charge < -0.3 is 9.47 Å². The molecule has 0 aromatic heterocycles. The highest BCUT2D eigenvalue weighted by molar-refractivity contribution is 7.80. The van der Waals surface area contributed by atoms with Gasteiger partial charge in [-0.3, -0.25) is 19.8 Å². The van der Waals surface area contributed by atoms with Gasteiger partial charge in [0.15, 0.2) is 5.11 Å². The Morgan fingerprint density at radius 2 is 1.41 bits per heavy atom. The van der Waals surface area contributed by atoms with Crippen LogP contribution in [-0.4, -0.2) is 16.9 Å². The standard InChI is InChI=1S/C30H22N2O4S/c33-28-27(19-22-10-7-13-26(18-22)35-20-21-8-3-1-4-9-21)29(34)32(30(37)31-28)23-14-16-25(17-15-23)36-24-11-5-2-6-12-24/h1-19H,20H2,(H,31,33,37). The minimum Gasteiger partial charge on any atom is -0.489 e. The Kier molecular flexibility index (Phi) is 7.05. The molecule has 1 aliphatic heterocycles. The summed E-state index contributed by atoms with van der Waals surface area (Å²) in [6.45, 7) is 0.409. The zero-order valence-corrected chi connectivity index (χ0v) is 20.5. The molecular weight excluding hydrogens is 484 g/mol. The second kappa shape index (κ2) is 10.9. The first-order valence-corrected chi connectivity index (χ1v) is 12.0. The molecule has 0 bridgehead atoms. The molecule has 4 aromatic carbocycles. The van der Waals surface area contributed by atoms with E-state index in [9.17, 15) is 9.59 Å². The van der Waals surface area contributed by atoms with Crippen LogP contribution in [0.3, 0.4) is 0 Å². The lowest BCUT2D eigenvalue weighted by Crippen LogP contribution is -2.54. The first kappa shape index (κ1) is 24.0. The van der Waals surface area contributed by atoms with E-state index in [1.807, 2.05) is 72.8 Å². The molecule has 0 spiro atoms. The number of carbonyl (C=O) groups is 2. The highest BCUT2D eigenvalue weighted by Gasteiger charge is 2.34. The maximum Gasteiger partial charge on any atom is 0.270 e. The summed E-state index contributed by atoms with van der Waals surface area (Å²) in [6, 6.07) is 33.3. The van der Waals surface area contributed by atoms with Crippen LogP contribution in [0.1, 0.15) is 11.1 Å². The fourth-order valence-corrected chi connectivity index (χ4v) is 4.06. The Morgan fingerprint density at radius 3 is 2.14 bits per heavy atom. The Hall–Kier alpha value is -4.75. The largest absolute Gasteiger partial charge is 0.489 e. The molecule has 182 valence electrons. The number of carbonyl (C=O) groups excluding carboxylic acids is 2. The average molecular weight is 507 g/mol. The van der Waals surface area contributed by atoms with E-state index in [4.69, 9.17) is 21.7 Å². The van der Waals surface area contributed by atoms with Gasteiger partial charge in [0, 0.05) is 0 Å². The highest BCUT2D eigenvalue weighted by atomic mass is 32.1. The van der Waals surface area contributed by atoms with Crippen LogP contribution in [-0.2, 0) is 16.2 Å². The zero-order chi connectivity index (χ0) is 25.6. The molecule has 4 aromatic rings. The van der Waals surface area contributed by atoms with Gasteiger partial charge in [-0.15, -0.1) is 0 Å². The highest BCUT2D eigenvalue weighted by Crippen LogP contribution is 2.27. The molecule has 7 heteroatoms. The van der Waals surface area contributed by atoms with Crippen LogP contribution in [0.5, 0.6) is 17.2 Å². The van der Waals surface area contributed by atoms with Crippen LogP contribution >= 0.6 is 12.2 Å². The van der Waals surface area contributed by atoms with Gasteiger partial charge in [0.1, 0.15) is 29.4 Å². The van der Waals surface area contributed by atoms with Gasteiger partial charge in [0.25, 0.3) is 11.8 Å². The Bertz CT molecular complexity index is 1470. The minimum atomic E-state index is -0.550.